The van der Waals surface area contributed by atoms with E-state index in [1.54, 1.807) is 0 Å². The topological polar surface area (TPSA) is 92.1 Å². The smallest absolute Gasteiger partial charge is 0.392 e. The number of nitrogens with one attached hydrogen (secondary N) is 1. The monoisotopic (exact) mass is 323 g/mol. The maximum atomic E-state index is 10.3. The van der Waals surface area contributed by atoms with Crippen LogP contribution >= 0.6 is 22.6 Å². The van der Waals surface area contributed by atoms with Gasteiger partial charge in [-0.05, 0) is 15.4 Å². The highest BCUT2D eigenvalue weighted by molar-refractivity contribution is 14.1. The maximum Gasteiger partial charge on any atom is 0.432 e. The SMILES string of the molecule is O=[N+]([O-])c1ncc(CC(O)CC=CI)[nH]1. The Morgan fingerprint density at radius 1 is 1.80 bits per heavy atom. The summed E-state index contributed by atoms with van der Waals surface area (Å²) in [7, 11) is 0. The fourth-order valence-corrected chi connectivity index (χ4v) is 1.38. The second kappa shape index (κ2) is 5.81. The largest absolute Gasteiger partial charge is 0.432 e. The molecule has 0 radical (unpaired) electrons. The lowest BCUT2D eigenvalue weighted by Gasteiger charge is -2.03. The van der Waals surface area contributed by atoms with Gasteiger partial charge in [0.05, 0.1) is 6.10 Å². The molecule has 0 aliphatic heterocycles. The molecule has 1 heterocycles. The molecule has 1 atom stereocenters. The minimum Gasteiger partial charge on any atom is -0.392 e. The van der Waals surface area contributed by atoms with Crippen molar-refractivity contribution in [2.75, 3.05) is 0 Å². The Morgan fingerprint density at radius 3 is 3.07 bits per heavy atom. The van der Waals surface area contributed by atoms with Gasteiger partial charge < -0.3 is 15.2 Å². The third kappa shape index (κ3) is 3.96. The molecule has 1 aromatic rings. The molecule has 82 valence electrons. The van der Waals surface area contributed by atoms with Crippen molar-refractivity contribution in [2.45, 2.75) is 18.9 Å². The summed E-state index contributed by atoms with van der Waals surface area (Å²) in [5.74, 6) is -0.290. The van der Waals surface area contributed by atoms with Crippen molar-refractivity contribution in [1.29, 1.82) is 0 Å². The van der Waals surface area contributed by atoms with Crippen LogP contribution in [0.1, 0.15) is 12.1 Å². The van der Waals surface area contributed by atoms with E-state index < -0.39 is 11.0 Å². The first-order valence-corrected chi connectivity index (χ1v) is 5.49. The fourth-order valence-electron chi connectivity index (χ4n) is 1.09. The zero-order valence-corrected chi connectivity index (χ0v) is 9.92. The van der Waals surface area contributed by atoms with Crippen LogP contribution in [0.15, 0.2) is 16.4 Å². The Morgan fingerprint density at radius 2 is 2.53 bits per heavy atom. The van der Waals surface area contributed by atoms with E-state index in [0.717, 1.165) is 0 Å². The number of imidazole rings is 1. The highest BCUT2D eigenvalue weighted by Crippen LogP contribution is 2.09. The van der Waals surface area contributed by atoms with Crippen LogP contribution in [0.3, 0.4) is 0 Å². The molecule has 7 heteroatoms. The Kier molecular flexibility index (Phi) is 4.69. The molecule has 0 amide bonds. The maximum absolute atomic E-state index is 10.3. The van der Waals surface area contributed by atoms with Gasteiger partial charge in [-0.25, -0.2) is 4.98 Å². The molecule has 0 saturated carbocycles. The molecule has 1 unspecified atom stereocenters. The summed E-state index contributed by atoms with van der Waals surface area (Å²) in [6.07, 6.45) is 3.51. The lowest BCUT2D eigenvalue weighted by Crippen LogP contribution is -2.09. The Labute approximate surface area is 99.7 Å². The van der Waals surface area contributed by atoms with Gasteiger partial charge in [0.25, 0.3) is 0 Å². The molecule has 0 aliphatic carbocycles. The van der Waals surface area contributed by atoms with Gasteiger partial charge in [-0.15, -0.1) is 0 Å². The first kappa shape index (κ1) is 12.1. The van der Waals surface area contributed by atoms with Crippen LogP contribution in [0.5, 0.6) is 0 Å². The van der Waals surface area contributed by atoms with E-state index in [-0.39, 0.29) is 5.95 Å². The summed E-state index contributed by atoms with van der Waals surface area (Å²) < 4.78 is 1.82. The quantitative estimate of drug-likeness (QED) is 0.489. The van der Waals surface area contributed by atoms with Crippen molar-refractivity contribution < 1.29 is 10.0 Å². The molecular weight excluding hydrogens is 313 g/mol. The number of nitro groups is 1. The average molecular weight is 323 g/mol. The Hall–Kier alpha value is -0.960. The van der Waals surface area contributed by atoms with E-state index in [0.29, 0.717) is 18.5 Å². The number of rotatable bonds is 5. The van der Waals surface area contributed by atoms with Gasteiger partial charge in [-0.3, -0.25) is 0 Å². The van der Waals surface area contributed by atoms with E-state index in [2.05, 4.69) is 32.6 Å². The van der Waals surface area contributed by atoms with Crippen molar-refractivity contribution in [2.24, 2.45) is 0 Å². The summed E-state index contributed by atoms with van der Waals surface area (Å²) in [4.78, 5) is 15.8. The molecular formula is C8H10IN3O3. The molecule has 15 heavy (non-hydrogen) atoms. The number of aromatic nitrogens is 2. The molecule has 6 nitrogen and oxygen atoms in total. The van der Waals surface area contributed by atoms with E-state index in [1.165, 1.54) is 6.20 Å². The Balaban J connectivity index is 2.53. The van der Waals surface area contributed by atoms with Crippen molar-refractivity contribution in [3.63, 3.8) is 0 Å². The van der Waals surface area contributed by atoms with Crippen molar-refractivity contribution in [3.05, 3.63) is 32.2 Å². The predicted octanol–water partition coefficient (Wildman–Crippen LogP) is 1.56. The first-order chi connectivity index (χ1) is 7.13. The van der Waals surface area contributed by atoms with E-state index >= 15 is 0 Å². The predicted molar refractivity (Wildman–Crippen MR) is 62.7 cm³/mol. The number of hydrogen-bond donors (Lipinski definition) is 2. The molecule has 0 saturated heterocycles. The molecule has 0 aromatic carbocycles. The van der Waals surface area contributed by atoms with Crippen LogP contribution in [-0.4, -0.2) is 26.1 Å². The van der Waals surface area contributed by atoms with Gasteiger partial charge in [0.2, 0.25) is 0 Å². The minimum atomic E-state index is -0.597. The van der Waals surface area contributed by atoms with Crippen molar-refractivity contribution in [3.8, 4) is 0 Å². The van der Waals surface area contributed by atoms with Gasteiger partial charge in [-0.2, -0.15) is 0 Å². The van der Waals surface area contributed by atoms with Gasteiger partial charge in [-0.1, -0.05) is 33.7 Å². The normalized spacial score (nSPS) is 13.2. The summed E-state index contributed by atoms with van der Waals surface area (Å²) in [5.41, 5.74) is 0.566. The van der Waals surface area contributed by atoms with E-state index in [1.807, 2.05) is 10.2 Å². The fraction of sp³-hybridized carbons (Fsp3) is 0.375. The highest BCUT2D eigenvalue weighted by atomic mass is 127. The molecule has 2 N–H and O–H groups in total. The molecule has 0 fully saturated rings. The lowest BCUT2D eigenvalue weighted by molar-refractivity contribution is -0.393. The van der Waals surface area contributed by atoms with Crippen LogP contribution in [0, 0.1) is 10.1 Å². The van der Waals surface area contributed by atoms with Gasteiger partial charge in [0.15, 0.2) is 0 Å². The third-order valence-corrected chi connectivity index (χ3v) is 2.25. The average Bonchev–Trinajstić information content (AvgIpc) is 2.63. The first-order valence-electron chi connectivity index (χ1n) is 4.25. The number of halogens is 1. The van der Waals surface area contributed by atoms with Gasteiger partial charge in [0, 0.05) is 6.42 Å². The summed E-state index contributed by atoms with van der Waals surface area (Å²) in [6, 6.07) is 0. The van der Waals surface area contributed by atoms with Gasteiger partial charge >= 0.3 is 5.95 Å². The number of hydrogen-bond acceptors (Lipinski definition) is 4. The second-order valence-corrected chi connectivity index (χ2v) is 3.66. The number of aliphatic hydroxyl groups excluding tert-OH is 1. The zero-order valence-electron chi connectivity index (χ0n) is 7.76. The van der Waals surface area contributed by atoms with Crippen molar-refractivity contribution >= 4 is 28.5 Å². The van der Waals surface area contributed by atoms with Crippen LogP contribution in [0.25, 0.3) is 0 Å². The van der Waals surface area contributed by atoms with Crippen LogP contribution in [0.4, 0.5) is 5.95 Å². The third-order valence-electron chi connectivity index (χ3n) is 1.74. The number of aromatic amines is 1. The van der Waals surface area contributed by atoms with E-state index in [9.17, 15) is 15.2 Å². The summed E-state index contributed by atoms with van der Waals surface area (Å²) in [5, 5.41) is 19.8. The van der Waals surface area contributed by atoms with Crippen molar-refractivity contribution in [1.82, 2.24) is 9.97 Å². The zero-order chi connectivity index (χ0) is 11.3. The number of H-pyrrole nitrogens is 1. The minimum absolute atomic E-state index is 0.290. The molecule has 1 rings (SSSR count). The summed E-state index contributed by atoms with van der Waals surface area (Å²) in [6.45, 7) is 0. The van der Waals surface area contributed by atoms with Crippen LogP contribution in [0.2, 0.25) is 0 Å². The number of aliphatic hydroxyl groups is 1. The summed E-state index contributed by atoms with van der Waals surface area (Å²) >= 11 is 2.06. The van der Waals surface area contributed by atoms with Crippen LogP contribution < -0.4 is 0 Å². The second-order valence-electron chi connectivity index (χ2n) is 2.94. The highest BCUT2D eigenvalue weighted by Gasteiger charge is 2.13. The van der Waals surface area contributed by atoms with Crippen LogP contribution in [-0.2, 0) is 6.42 Å². The van der Waals surface area contributed by atoms with Gasteiger partial charge in [0.1, 0.15) is 11.9 Å². The standard InChI is InChI=1S/C8H10IN3O3/c9-3-1-2-7(13)4-6-5-10-8(11-6)12(14)15/h1,3,5,7,13H,2,4H2,(H,10,11). The molecule has 0 bridgehead atoms. The molecule has 0 spiro atoms. The lowest BCUT2D eigenvalue weighted by atomic mass is 10.1. The number of nitrogens with zero attached hydrogens (tertiary/aromatic N) is 2. The molecule has 0 aliphatic rings. The van der Waals surface area contributed by atoms with E-state index in [4.69, 9.17) is 0 Å². The molecule has 1 aromatic heterocycles. The Bertz CT molecular complexity index is 364.